The molecule has 2 aromatic carbocycles. The van der Waals surface area contributed by atoms with Gasteiger partial charge in [0, 0.05) is 57.6 Å². The first-order valence-corrected chi connectivity index (χ1v) is 10.9. The number of hydrogen-bond donors (Lipinski definition) is 1. The third kappa shape index (κ3) is 4.91. The van der Waals surface area contributed by atoms with Crippen molar-refractivity contribution >= 4 is 11.6 Å². The summed E-state index contributed by atoms with van der Waals surface area (Å²) in [5.41, 5.74) is 2.87. The molecule has 1 saturated heterocycles. The summed E-state index contributed by atoms with van der Waals surface area (Å²) in [5, 5.41) is 2.89. The van der Waals surface area contributed by atoms with Crippen molar-refractivity contribution in [3.8, 4) is 0 Å². The average Bonchev–Trinajstić information content (AvgIpc) is 3.14. The summed E-state index contributed by atoms with van der Waals surface area (Å²) in [6.45, 7) is 4.95. The predicted molar refractivity (Wildman–Crippen MR) is 119 cm³/mol. The molecule has 2 aliphatic rings. The highest BCUT2D eigenvalue weighted by Gasteiger charge is 2.31. The molecule has 0 saturated carbocycles. The molecule has 1 amide bonds. The van der Waals surface area contributed by atoms with Gasteiger partial charge in [-0.2, -0.15) is 13.2 Å². The van der Waals surface area contributed by atoms with Crippen molar-refractivity contribution in [1.82, 2.24) is 15.1 Å². The van der Waals surface area contributed by atoms with Gasteiger partial charge in [0.15, 0.2) is 0 Å². The number of rotatable bonds is 5. The van der Waals surface area contributed by atoms with Crippen molar-refractivity contribution in [2.45, 2.75) is 18.6 Å². The number of benzene rings is 2. The Kier molecular flexibility index (Phi) is 6.44. The van der Waals surface area contributed by atoms with Crippen LogP contribution < -0.4 is 10.2 Å². The predicted octanol–water partition coefficient (Wildman–Crippen LogP) is 3.42. The van der Waals surface area contributed by atoms with Gasteiger partial charge in [0.25, 0.3) is 5.91 Å². The summed E-state index contributed by atoms with van der Waals surface area (Å²) in [6.07, 6.45) is -3.48. The molecular formula is C24H29F3N4O. The van der Waals surface area contributed by atoms with Crippen LogP contribution in [-0.4, -0.2) is 69.1 Å². The Bertz CT molecular complexity index is 970. The number of nitrogens with one attached hydrogen (secondary N) is 1. The maximum absolute atomic E-state index is 13.0. The van der Waals surface area contributed by atoms with E-state index in [0.29, 0.717) is 6.54 Å². The summed E-state index contributed by atoms with van der Waals surface area (Å²) >= 11 is 0. The van der Waals surface area contributed by atoms with E-state index in [1.165, 1.54) is 23.4 Å². The molecule has 1 N–H and O–H groups in total. The van der Waals surface area contributed by atoms with Crippen LogP contribution in [0.25, 0.3) is 0 Å². The van der Waals surface area contributed by atoms with Crippen LogP contribution in [0.1, 0.15) is 33.1 Å². The molecular weight excluding hydrogens is 417 g/mol. The number of fused-ring (bicyclic) bond motifs is 1. The van der Waals surface area contributed by atoms with Crippen molar-refractivity contribution in [2.24, 2.45) is 0 Å². The number of alkyl halides is 3. The lowest BCUT2D eigenvalue weighted by Gasteiger charge is -2.38. The number of halogens is 3. The summed E-state index contributed by atoms with van der Waals surface area (Å²) in [7, 11) is 4.17. The van der Waals surface area contributed by atoms with Gasteiger partial charge >= 0.3 is 6.18 Å². The average molecular weight is 447 g/mol. The van der Waals surface area contributed by atoms with Crippen LogP contribution in [0.2, 0.25) is 0 Å². The SMILES string of the molecule is CN1CCN([C@@H](CNC(=O)c2cccc(C(F)(F)F)c2)c2ccc3c(c2)CCN3C)CC1. The summed E-state index contributed by atoms with van der Waals surface area (Å²) in [5.74, 6) is -0.490. The van der Waals surface area contributed by atoms with Gasteiger partial charge in [-0.1, -0.05) is 18.2 Å². The summed E-state index contributed by atoms with van der Waals surface area (Å²) in [4.78, 5) is 19.6. The molecule has 0 aromatic heterocycles. The highest BCUT2D eigenvalue weighted by Crippen LogP contribution is 2.32. The standard InChI is InChI=1S/C24H29F3N4O/c1-29-10-12-31(13-11-29)22(17-6-7-21-18(14-17)8-9-30(21)2)16-28-23(32)19-4-3-5-20(15-19)24(25,26)27/h3-7,14-15,22H,8-13,16H2,1-2H3,(H,28,32)/t22-/m0/s1. The van der Waals surface area contributed by atoms with Crippen molar-refractivity contribution in [3.05, 3.63) is 64.7 Å². The lowest BCUT2D eigenvalue weighted by Crippen LogP contribution is -2.48. The Labute approximate surface area is 186 Å². The van der Waals surface area contributed by atoms with Crippen molar-refractivity contribution in [2.75, 3.05) is 58.3 Å². The van der Waals surface area contributed by atoms with Gasteiger partial charge in [-0.3, -0.25) is 9.69 Å². The Morgan fingerprint density at radius 1 is 1.03 bits per heavy atom. The second-order valence-corrected chi connectivity index (χ2v) is 8.70. The third-order valence-electron chi connectivity index (χ3n) is 6.50. The van der Waals surface area contributed by atoms with Crippen LogP contribution in [-0.2, 0) is 12.6 Å². The maximum atomic E-state index is 13.0. The Hall–Kier alpha value is -2.58. The van der Waals surface area contributed by atoms with Gasteiger partial charge in [-0.05, 0) is 48.9 Å². The topological polar surface area (TPSA) is 38.8 Å². The lowest BCUT2D eigenvalue weighted by atomic mass is 10.00. The van der Waals surface area contributed by atoms with E-state index in [9.17, 15) is 18.0 Å². The molecule has 2 aliphatic heterocycles. The number of nitrogens with zero attached hydrogens (tertiary/aromatic N) is 3. The maximum Gasteiger partial charge on any atom is 0.416 e. The smallest absolute Gasteiger partial charge is 0.374 e. The van der Waals surface area contributed by atoms with E-state index in [0.717, 1.165) is 56.8 Å². The highest BCUT2D eigenvalue weighted by atomic mass is 19.4. The van der Waals surface area contributed by atoms with Gasteiger partial charge in [0.2, 0.25) is 0 Å². The quantitative estimate of drug-likeness (QED) is 0.764. The molecule has 172 valence electrons. The molecule has 0 unspecified atom stereocenters. The normalized spacial score (nSPS) is 18.5. The fourth-order valence-corrected chi connectivity index (χ4v) is 4.51. The fraction of sp³-hybridized carbons (Fsp3) is 0.458. The van der Waals surface area contributed by atoms with Crippen LogP contribution >= 0.6 is 0 Å². The fourth-order valence-electron chi connectivity index (χ4n) is 4.51. The van der Waals surface area contributed by atoms with Gasteiger partial charge in [-0.15, -0.1) is 0 Å². The first-order chi connectivity index (χ1) is 15.2. The molecule has 0 spiro atoms. The Balaban J connectivity index is 1.53. The van der Waals surface area contributed by atoms with Crippen LogP contribution in [0, 0.1) is 0 Å². The van der Waals surface area contributed by atoms with Crippen LogP contribution in [0.4, 0.5) is 18.9 Å². The molecule has 1 atom stereocenters. The first-order valence-electron chi connectivity index (χ1n) is 10.9. The van der Waals surface area contributed by atoms with E-state index in [-0.39, 0.29) is 11.6 Å². The van der Waals surface area contributed by atoms with E-state index < -0.39 is 17.6 Å². The minimum Gasteiger partial charge on any atom is -0.374 e. The van der Waals surface area contributed by atoms with Crippen molar-refractivity contribution < 1.29 is 18.0 Å². The monoisotopic (exact) mass is 446 g/mol. The van der Waals surface area contributed by atoms with E-state index in [4.69, 9.17) is 0 Å². The lowest BCUT2D eigenvalue weighted by molar-refractivity contribution is -0.137. The third-order valence-corrected chi connectivity index (χ3v) is 6.50. The molecule has 5 nitrogen and oxygen atoms in total. The number of carbonyl (C=O) groups excluding carboxylic acids is 1. The van der Waals surface area contributed by atoms with Gasteiger partial charge in [-0.25, -0.2) is 0 Å². The Morgan fingerprint density at radius 2 is 1.78 bits per heavy atom. The number of likely N-dealkylation sites (N-methyl/N-ethyl adjacent to an activating group) is 2. The molecule has 0 bridgehead atoms. The summed E-state index contributed by atoms with van der Waals surface area (Å²) in [6, 6.07) is 11.0. The zero-order valence-corrected chi connectivity index (χ0v) is 18.5. The number of amides is 1. The minimum absolute atomic E-state index is 0.0209. The molecule has 2 aromatic rings. The second-order valence-electron chi connectivity index (χ2n) is 8.70. The molecule has 8 heteroatoms. The van der Waals surface area contributed by atoms with Gasteiger partial charge in [0.05, 0.1) is 11.6 Å². The van der Waals surface area contributed by atoms with E-state index in [1.807, 2.05) is 0 Å². The molecule has 0 aliphatic carbocycles. The second kappa shape index (κ2) is 9.11. The number of piperazine rings is 1. The van der Waals surface area contributed by atoms with E-state index >= 15 is 0 Å². The molecule has 1 fully saturated rings. The molecule has 2 heterocycles. The zero-order chi connectivity index (χ0) is 22.9. The number of anilines is 1. The van der Waals surface area contributed by atoms with E-state index in [1.54, 1.807) is 0 Å². The van der Waals surface area contributed by atoms with Gasteiger partial charge < -0.3 is 15.1 Å². The first kappa shape index (κ1) is 22.6. The largest absolute Gasteiger partial charge is 0.416 e. The van der Waals surface area contributed by atoms with Crippen molar-refractivity contribution in [1.29, 1.82) is 0 Å². The minimum atomic E-state index is -4.48. The van der Waals surface area contributed by atoms with Gasteiger partial charge in [0.1, 0.15) is 0 Å². The molecule has 32 heavy (non-hydrogen) atoms. The van der Waals surface area contributed by atoms with Crippen molar-refractivity contribution in [3.63, 3.8) is 0 Å². The van der Waals surface area contributed by atoms with Crippen LogP contribution in [0.3, 0.4) is 0 Å². The highest BCUT2D eigenvalue weighted by molar-refractivity contribution is 5.94. The summed E-state index contributed by atoms with van der Waals surface area (Å²) < 4.78 is 39.1. The van der Waals surface area contributed by atoms with Crippen LogP contribution in [0.5, 0.6) is 0 Å². The van der Waals surface area contributed by atoms with Crippen LogP contribution in [0.15, 0.2) is 42.5 Å². The molecule has 0 radical (unpaired) electrons. The zero-order valence-electron chi connectivity index (χ0n) is 18.5. The number of hydrogen-bond acceptors (Lipinski definition) is 4. The molecule has 4 rings (SSSR count). The Morgan fingerprint density at radius 3 is 2.50 bits per heavy atom. The van der Waals surface area contributed by atoms with E-state index in [2.05, 4.69) is 52.3 Å². The number of carbonyl (C=O) groups is 1.